The Kier molecular flexibility index (Phi) is 3.65. The number of rotatable bonds is 4. The third-order valence-electron chi connectivity index (χ3n) is 1.63. The fourth-order valence-electron chi connectivity index (χ4n) is 0.999. The van der Waals surface area contributed by atoms with Crippen molar-refractivity contribution in [1.82, 2.24) is 10.3 Å². The molecule has 0 radical (unpaired) electrons. The number of nitrogens with one attached hydrogen (secondary N) is 1. The molecule has 1 rings (SSSR count). The van der Waals surface area contributed by atoms with Crippen molar-refractivity contribution in [2.45, 2.75) is 25.9 Å². The van der Waals surface area contributed by atoms with Gasteiger partial charge in [-0.3, -0.25) is 0 Å². The van der Waals surface area contributed by atoms with E-state index >= 15 is 0 Å². The monoisotopic (exact) mass is 186 g/mol. The van der Waals surface area contributed by atoms with Crippen molar-refractivity contribution >= 4 is 11.3 Å². The Bertz CT molecular complexity index is 213. The Morgan fingerprint density at radius 1 is 1.67 bits per heavy atom. The van der Waals surface area contributed by atoms with Crippen LogP contribution < -0.4 is 5.32 Å². The number of hydrogen-bond acceptors (Lipinski definition) is 4. The molecular weight excluding hydrogens is 172 g/mol. The number of aromatic nitrogens is 1. The van der Waals surface area contributed by atoms with Crippen LogP contribution in [0.5, 0.6) is 0 Å². The molecule has 0 aromatic carbocycles. The smallest absolute Gasteiger partial charge is 0.109 e. The first-order valence-electron chi connectivity index (χ1n) is 4.00. The van der Waals surface area contributed by atoms with Crippen molar-refractivity contribution in [2.24, 2.45) is 0 Å². The van der Waals surface area contributed by atoms with Gasteiger partial charge in [-0.2, -0.15) is 0 Å². The second-order valence-electron chi connectivity index (χ2n) is 2.84. The summed E-state index contributed by atoms with van der Waals surface area (Å²) in [4.78, 5) is 4.18. The second-order valence-corrected chi connectivity index (χ2v) is 3.77. The average molecular weight is 186 g/mol. The number of nitrogens with zero attached hydrogens (tertiary/aromatic N) is 1. The van der Waals surface area contributed by atoms with Crippen LogP contribution in [0.2, 0.25) is 0 Å². The number of aliphatic hydroxyl groups excluding tert-OH is 1. The van der Waals surface area contributed by atoms with Gasteiger partial charge in [0.05, 0.1) is 12.6 Å². The van der Waals surface area contributed by atoms with E-state index in [1.807, 2.05) is 19.2 Å². The van der Waals surface area contributed by atoms with Crippen molar-refractivity contribution in [2.75, 3.05) is 6.61 Å². The number of hydrogen-bond donors (Lipinski definition) is 2. The van der Waals surface area contributed by atoms with Gasteiger partial charge in [0.1, 0.15) is 5.01 Å². The highest BCUT2D eigenvalue weighted by molar-refractivity contribution is 7.09. The van der Waals surface area contributed by atoms with Crippen molar-refractivity contribution in [3.05, 3.63) is 16.6 Å². The molecule has 1 heterocycles. The zero-order valence-corrected chi connectivity index (χ0v) is 8.14. The van der Waals surface area contributed by atoms with E-state index in [1.165, 1.54) is 0 Å². The molecule has 0 saturated carbocycles. The highest BCUT2D eigenvalue weighted by atomic mass is 32.1. The van der Waals surface area contributed by atoms with Crippen LogP contribution in [-0.4, -0.2) is 22.7 Å². The van der Waals surface area contributed by atoms with Crippen LogP contribution in [0.1, 0.15) is 24.9 Å². The van der Waals surface area contributed by atoms with Crippen LogP contribution in [0.25, 0.3) is 0 Å². The van der Waals surface area contributed by atoms with Crippen molar-refractivity contribution < 1.29 is 5.11 Å². The third kappa shape index (κ3) is 2.55. The van der Waals surface area contributed by atoms with Gasteiger partial charge in [-0.1, -0.05) is 0 Å². The molecule has 2 N–H and O–H groups in total. The van der Waals surface area contributed by atoms with Crippen molar-refractivity contribution in [3.63, 3.8) is 0 Å². The Morgan fingerprint density at radius 2 is 2.42 bits per heavy atom. The van der Waals surface area contributed by atoms with Gasteiger partial charge >= 0.3 is 0 Å². The minimum atomic E-state index is 0.129. The molecule has 0 aliphatic rings. The lowest BCUT2D eigenvalue weighted by Gasteiger charge is -2.15. The first-order chi connectivity index (χ1) is 5.74. The topological polar surface area (TPSA) is 45.1 Å². The van der Waals surface area contributed by atoms with Crippen LogP contribution in [0.15, 0.2) is 11.6 Å². The summed E-state index contributed by atoms with van der Waals surface area (Å²) in [6, 6.07) is 0.357. The van der Waals surface area contributed by atoms with Crippen molar-refractivity contribution in [3.8, 4) is 0 Å². The molecule has 0 bridgehead atoms. The predicted octanol–water partition coefficient (Wildman–Crippen LogP) is 1.17. The van der Waals surface area contributed by atoms with E-state index in [0.717, 1.165) is 5.01 Å². The maximum Gasteiger partial charge on any atom is 0.109 e. The molecule has 3 nitrogen and oxygen atoms in total. The van der Waals surface area contributed by atoms with Crippen LogP contribution in [0.3, 0.4) is 0 Å². The minimum absolute atomic E-state index is 0.129. The van der Waals surface area contributed by atoms with Gasteiger partial charge in [-0.05, 0) is 13.8 Å². The molecule has 0 unspecified atom stereocenters. The summed E-state index contributed by atoms with van der Waals surface area (Å²) in [6.07, 6.45) is 1.79. The van der Waals surface area contributed by atoms with Gasteiger partial charge in [0.15, 0.2) is 0 Å². The van der Waals surface area contributed by atoms with Gasteiger partial charge in [0.2, 0.25) is 0 Å². The number of thiazole rings is 1. The molecule has 0 spiro atoms. The molecule has 0 aliphatic carbocycles. The molecule has 4 heteroatoms. The molecule has 0 saturated heterocycles. The van der Waals surface area contributed by atoms with Crippen molar-refractivity contribution in [1.29, 1.82) is 0 Å². The van der Waals surface area contributed by atoms with Gasteiger partial charge < -0.3 is 10.4 Å². The van der Waals surface area contributed by atoms with E-state index in [9.17, 15) is 0 Å². The maximum absolute atomic E-state index is 8.80. The lowest BCUT2D eigenvalue weighted by Crippen LogP contribution is -2.31. The quantitative estimate of drug-likeness (QED) is 0.742. The molecule has 0 aliphatic heterocycles. The first kappa shape index (κ1) is 9.64. The lowest BCUT2D eigenvalue weighted by molar-refractivity contribution is 0.243. The Balaban J connectivity index is 2.44. The third-order valence-corrected chi connectivity index (χ3v) is 2.59. The van der Waals surface area contributed by atoms with Crippen LogP contribution in [0.4, 0.5) is 0 Å². The fraction of sp³-hybridized carbons (Fsp3) is 0.625. The number of aliphatic hydroxyl groups is 1. The Morgan fingerprint density at radius 3 is 2.92 bits per heavy atom. The maximum atomic E-state index is 8.80. The molecule has 0 amide bonds. The highest BCUT2D eigenvalue weighted by Crippen LogP contribution is 2.14. The summed E-state index contributed by atoms with van der Waals surface area (Å²) in [5, 5.41) is 15.1. The molecule has 0 fully saturated rings. The summed E-state index contributed by atoms with van der Waals surface area (Å²) in [5.74, 6) is 0. The van der Waals surface area contributed by atoms with E-state index in [4.69, 9.17) is 5.11 Å². The molecule has 1 aromatic rings. The summed E-state index contributed by atoms with van der Waals surface area (Å²) >= 11 is 1.63. The van der Waals surface area contributed by atoms with Gasteiger partial charge in [0.25, 0.3) is 0 Å². The van der Waals surface area contributed by atoms with E-state index in [-0.39, 0.29) is 18.7 Å². The van der Waals surface area contributed by atoms with E-state index in [2.05, 4.69) is 10.3 Å². The first-order valence-corrected chi connectivity index (χ1v) is 4.88. The standard InChI is InChI=1S/C8H14N2OS/c1-6(5-11)10-7(2)8-9-3-4-12-8/h3-4,6-7,10-11H,5H2,1-2H3/t6-,7+/m0/s1. The summed E-state index contributed by atoms with van der Waals surface area (Å²) in [5.41, 5.74) is 0. The van der Waals surface area contributed by atoms with E-state index in [0.29, 0.717) is 0 Å². The summed E-state index contributed by atoms with van der Waals surface area (Å²) < 4.78 is 0. The SMILES string of the molecule is C[C@@H](CO)N[C@H](C)c1nccs1. The molecule has 12 heavy (non-hydrogen) atoms. The summed E-state index contributed by atoms with van der Waals surface area (Å²) in [7, 11) is 0. The molecular formula is C8H14N2OS. The molecule has 2 atom stereocenters. The van der Waals surface area contributed by atoms with Crippen LogP contribution >= 0.6 is 11.3 Å². The second kappa shape index (κ2) is 4.54. The lowest BCUT2D eigenvalue weighted by atomic mass is 10.3. The normalized spacial score (nSPS) is 15.9. The minimum Gasteiger partial charge on any atom is -0.395 e. The fourth-order valence-corrected chi connectivity index (χ4v) is 1.65. The van der Waals surface area contributed by atoms with Gasteiger partial charge in [-0.25, -0.2) is 4.98 Å². The summed E-state index contributed by atoms with van der Waals surface area (Å²) in [6.45, 7) is 4.16. The zero-order chi connectivity index (χ0) is 8.97. The highest BCUT2D eigenvalue weighted by Gasteiger charge is 2.09. The average Bonchev–Trinajstić information content (AvgIpc) is 2.56. The molecule has 1 aromatic heterocycles. The van der Waals surface area contributed by atoms with Gasteiger partial charge in [-0.15, -0.1) is 11.3 Å². The van der Waals surface area contributed by atoms with Crippen LogP contribution in [-0.2, 0) is 0 Å². The predicted molar refractivity (Wildman–Crippen MR) is 50.2 cm³/mol. The largest absolute Gasteiger partial charge is 0.395 e. The van der Waals surface area contributed by atoms with Gasteiger partial charge in [0, 0.05) is 17.6 Å². The Labute approximate surface area is 76.5 Å². The van der Waals surface area contributed by atoms with E-state index < -0.39 is 0 Å². The van der Waals surface area contributed by atoms with E-state index in [1.54, 1.807) is 17.5 Å². The molecule has 68 valence electrons. The zero-order valence-electron chi connectivity index (χ0n) is 7.32. The van der Waals surface area contributed by atoms with Crippen LogP contribution in [0, 0.1) is 0 Å². The Hall–Kier alpha value is -0.450.